The van der Waals surface area contributed by atoms with Gasteiger partial charge in [0, 0.05) is 25.7 Å². The molecule has 2 aromatic carbocycles. The fourth-order valence-corrected chi connectivity index (χ4v) is 2.57. The van der Waals surface area contributed by atoms with Crippen LogP contribution in [0.5, 0.6) is 5.75 Å². The lowest BCUT2D eigenvalue weighted by atomic mass is 10.1. The Morgan fingerprint density at radius 2 is 2.00 bits per heavy atom. The van der Waals surface area contributed by atoms with Crippen LogP contribution in [0, 0.1) is 10.1 Å². The summed E-state index contributed by atoms with van der Waals surface area (Å²) in [6.45, 7) is 2.55. The third kappa shape index (κ3) is 4.90. The molecule has 0 heterocycles. The Kier molecular flexibility index (Phi) is 6.30. The highest BCUT2D eigenvalue weighted by Crippen LogP contribution is 2.23. The molecule has 0 saturated heterocycles. The molecule has 7 heteroatoms. The number of ether oxygens (including phenoxy) is 1. The van der Waals surface area contributed by atoms with Gasteiger partial charge in [-0.25, -0.2) is 0 Å². The summed E-state index contributed by atoms with van der Waals surface area (Å²) in [4.78, 5) is 12.4. The van der Waals surface area contributed by atoms with Crippen molar-refractivity contribution in [1.82, 2.24) is 10.2 Å². The smallest absolute Gasteiger partial charge is 0.269 e. The summed E-state index contributed by atoms with van der Waals surface area (Å²) >= 11 is 5.44. The van der Waals surface area contributed by atoms with Crippen LogP contribution in [0.4, 0.5) is 5.69 Å². The van der Waals surface area contributed by atoms with Gasteiger partial charge in [-0.05, 0) is 42.4 Å². The third-order valence-corrected chi connectivity index (χ3v) is 4.50. The van der Waals surface area contributed by atoms with E-state index in [9.17, 15) is 10.1 Å². The van der Waals surface area contributed by atoms with E-state index in [0.717, 1.165) is 16.9 Å². The minimum atomic E-state index is -0.392. The second kappa shape index (κ2) is 8.43. The molecule has 0 aliphatic carbocycles. The summed E-state index contributed by atoms with van der Waals surface area (Å²) in [6.07, 6.45) is 0. The molecule has 2 aromatic rings. The van der Waals surface area contributed by atoms with Crippen molar-refractivity contribution in [2.75, 3.05) is 14.2 Å². The normalized spacial score (nSPS) is 11.5. The van der Waals surface area contributed by atoms with E-state index < -0.39 is 4.92 Å². The zero-order valence-corrected chi connectivity index (χ0v) is 15.2. The fourth-order valence-electron chi connectivity index (χ4n) is 2.34. The fraction of sp³-hybridized carbons (Fsp3) is 0.278. The lowest BCUT2D eigenvalue weighted by molar-refractivity contribution is -0.384. The molecule has 0 unspecified atom stereocenters. The van der Waals surface area contributed by atoms with Crippen molar-refractivity contribution in [2.45, 2.75) is 19.5 Å². The summed E-state index contributed by atoms with van der Waals surface area (Å²) < 4.78 is 5.14. The van der Waals surface area contributed by atoms with Gasteiger partial charge in [-0.3, -0.25) is 10.1 Å². The molecule has 2 rings (SSSR count). The summed E-state index contributed by atoms with van der Waals surface area (Å²) in [7, 11) is 3.50. The summed E-state index contributed by atoms with van der Waals surface area (Å²) in [5.74, 6) is 0.808. The van der Waals surface area contributed by atoms with Crippen LogP contribution >= 0.6 is 12.2 Å². The topological polar surface area (TPSA) is 67.6 Å². The van der Waals surface area contributed by atoms with Gasteiger partial charge in [-0.2, -0.15) is 0 Å². The minimum absolute atomic E-state index is 0.0786. The second-order valence-corrected chi connectivity index (χ2v) is 6.03. The highest BCUT2D eigenvalue weighted by Gasteiger charge is 2.17. The van der Waals surface area contributed by atoms with Crippen molar-refractivity contribution in [3.05, 3.63) is 69.8 Å². The molecular weight excluding hydrogens is 338 g/mol. The Bertz CT molecular complexity index is 749. The maximum Gasteiger partial charge on any atom is 0.269 e. The SMILES string of the molecule is COc1ccc(CNC(=S)N(C)[C@@H](C)c2cccc([N+](=O)[O-])c2)cc1. The first kappa shape index (κ1) is 18.7. The maximum atomic E-state index is 10.9. The van der Waals surface area contributed by atoms with Crippen LogP contribution in [-0.4, -0.2) is 29.1 Å². The van der Waals surface area contributed by atoms with Crippen molar-refractivity contribution in [3.8, 4) is 5.75 Å². The maximum absolute atomic E-state index is 10.9. The molecule has 0 aromatic heterocycles. The average Bonchev–Trinajstić information content (AvgIpc) is 2.65. The predicted octanol–water partition coefficient (Wildman–Crippen LogP) is 3.67. The molecule has 0 saturated carbocycles. The molecule has 132 valence electrons. The number of benzene rings is 2. The number of thiocarbonyl (C=S) groups is 1. The van der Waals surface area contributed by atoms with Gasteiger partial charge in [0.25, 0.3) is 5.69 Å². The quantitative estimate of drug-likeness (QED) is 0.482. The number of non-ortho nitro benzene ring substituents is 1. The third-order valence-electron chi connectivity index (χ3n) is 4.07. The first-order valence-electron chi connectivity index (χ1n) is 7.80. The number of nitro groups is 1. The van der Waals surface area contributed by atoms with Gasteiger partial charge in [-0.15, -0.1) is 0 Å². The van der Waals surface area contributed by atoms with E-state index in [0.29, 0.717) is 11.7 Å². The molecule has 0 bridgehead atoms. The van der Waals surface area contributed by atoms with E-state index in [1.165, 1.54) is 6.07 Å². The number of nitrogens with zero attached hydrogens (tertiary/aromatic N) is 2. The van der Waals surface area contributed by atoms with Crippen molar-refractivity contribution in [1.29, 1.82) is 0 Å². The number of hydrogen-bond donors (Lipinski definition) is 1. The largest absolute Gasteiger partial charge is 0.497 e. The van der Waals surface area contributed by atoms with Crippen LogP contribution in [-0.2, 0) is 6.54 Å². The van der Waals surface area contributed by atoms with E-state index in [-0.39, 0.29) is 11.7 Å². The molecular formula is C18H21N3O3S. The van der Waals surface area contributed by atoms with Gasteiger partial charge in [0.2, 0.25) is 0 Å². The molecule has 0 fully saturated rings. The lowest BCUT2D eigenvalue weighted by Gasteiger charge is -2.28. The second-order valence-electron chi connectivity index (χ2n) is 5.65. The van der Waals surface area contributed by atoms with Crippen LogP contribution in [0.25, 0.3) is 0 Å². The highest BCUT2D eigenvalue weighted by molar-refractivity contribution is 7.80. The van der Waals surface area contributed by atoms with Gasteiger partial charge in [0.1, 0.15) is 5.75 Å². The number of nitro benzene ring substituents is 1. The Morgan fingerprint density at radius 3 is 2.60 bits per heavy atom. The van der Waals surface area contributed by atoms with Gasteiger partial charge >= 0.3 is 0 Å². The number of methoxy groups -OCH3 is 1. The first-order valence-corrected chi connectivity index (χ1v) is 8.21. The molecule has 0 aliphatic rings. The van der Waals surface area contributed by atoms with Crippen molar-refractivity contribution >= 4 is 23.0 Å². The van der Waals surface area contributed by atoms with Crippen LogP contribution in [0.15, 0.2) is 48.5 Å². The van der Waals surface area contributed by atoms with E-state index >= 15 is 0 Å². The molecule has 0 aliphatic heterocycles. The predicted molar refractivity (Wildman–Crippen MR) is 102 cm³/mol. The van der Waals surface area contributed by atoms with Crippen LogP contribution < -0.4 is 10.1 Å². The lowest BCUT2D eigenvalue weighted by Crippen LogP contribution is -2.38. The molecule has 0 radical (unpaired) electrons. The Balaban J connectivity index is 1.98. The van der Waals surface area contributed by atoms with Crippen LogP contribution in [0.3, 0.4) is 0 Å². The van der Waals surface area contributed by atoms with E-state index in [1.54, 1.807) is 19.2 Å². The molecule has 0 spiro atoms. The van der Waals surface area contributed by atoms with E-state index in [1.807, 2.05) is 49.2 Å². The molecule has 6 nitrogen and oxygen atoms in total. The van der Waals surface area contributed by atoms with E-state index in [4.69, 9.17) is 17.0 Å². The highest BCUT2D eigenvalue weighted by atomic mass is 32.1. The Hall–Kier alpha value is -2.67. The zero-order valence-electron chi connectivity index (χ0n) is 14.4. The zero-order chi connectivity index (χ0) is 18.4. The van der Waals surface area contributed by atoms with Crippen molar-refractivity contribution in [3.63, 3.8) is 0 Å². The number of rotatable bonds is 6. The summed E-state index contributed by atoms with van der Waals surface area (Å²) in [5.41, 5.74) is 2.00. The number of hydrogen-bond acceptors (Lipinski definition) is 4. The van der Waals surface area contributed by atoms with Gasteiger partial charge < -0.3 is 15.0 Å². The minimum Gasteiger partial charge on any atom is -0.497 e. The van der Waals surface area contributed by atoms with Crippen molar-refractivity contribution < 1.29 is 9.66 Å². The van der Waals surface area contributed by atoms with Gasteiger partial charge in [0.15, 0.2) is 5.11 Å². The first-order chi connectivity index (χ1) is 11.9. The molecule has 1 atom stereocenters. The van der Waals surface area contributed by atoms with Crippen molar-refractivity contribution in [2.24, 2.45) is 0 Å². The van der Waals surface area contributed by atoms with Gasteiger partial charge in [0.05, 0.1) is 18.1 Å². The van der Waals surface area contributed by atoms with Crippen LogP contribution in [0.2, 0.25) is 0 Å². The molecule has 25 heavy (non-hydrogen) atoms. The summed E-state index contributed by atoms with van der Waals surface area (Å²) in [5, 5.41) is 14.7. The standard InChI is InChI=1S/C18H21N3O3S/c1-13(15-5-4-6-16(11-15)21(22)23)20(2)18(25)19-12-14-7-9-17(24-3)10-8-14/h4-11,13H,12H2,1-3H3,(H,19,25)/t13-/m0/s1. The van der Waals surface area contributed by atoms with E-state index in [2.05, 4.69) is 5.32 Å². The Labute approximate surface area is 152 Å². The molecule has 0 amide bonds. The average molecular weight is 359 g/mol. The molecule has 1 N–H and O–H groups in total. The summed E-state index contributed by atoms with van der Waals surface area (Å²) in [6, 6.07) is 14.3. The monoisotopic (exact) mass is 359 g/mol. The number of nitrogens with one attached hydrogen (secondary N) is 1. The Morgan fingerprint density at radius 1 is 1.32 bits per heavy atom. The van der Waals surface area contributed by atoms with Crippen LogP contribution in [0.1, 0.15) is 24.1 Å². The van der Waals surface area contributed by atoms with Gasteiger partial charge in [-0.1, -0.05) is 24.3 Å².